The number of hydrogen-bond donors (Lipinski definition) is 2. The molecule has 1 aromatic rings. The zero-order valence-electron chi connectivity index (χ0n) is 9.16. The van der Waals surface area contributed by atoms with Crippen LogP contribution in [0.4, 0.5) is 0 Å². The van der Waals surface area contributed by atoms with Crippen molar-refractivity contribution in [3.8, 4) is 0 Å². The van der Waals surface area contributed by atoms with Crippen molar-refractivity contribution in [3.63, 3.8) is 0 Å². The van der Waals surface area contributed by atoms with Gasteiger partial charge >= 0.3 is 0 Å². The Labute approximate surface area is 95.0 Å². The largest absolute Gasteiger partial charge is 0.353 e. The lowest BCUT2D eigenvalue weighted by molar-refractivity contribution is -0.216. The molecule has 0 radical (unpaired) electrons. The first-order valence-electron chi connectivity index (χ1n) is 4.82. The molecular formula is C10H15NO4S. The first kappa shape index (κ1) is 13.1. The molecule has 0 aliphatic rings. The maximum absolute atomic E-state index is 12.0. The summed E-state index contributed by atoms with van der Waals surface area (Å²) in [6.07, 6.45) is 0. The molecule has 0 aliphatic carbocycles. The molecule has 0 unspecified atom stereocenters. The Morgan fingerprint density at radius 2 is 1.75 bits per heavy atom. The summed E-state index contributed by atoms with van der Waals surface area (Å²) in [5.74, 6) is -2.40. The second-order valence-corrected chi connectivity index (χ2v) is 5.32. The fourth-order valence-corrected chi connectivity index (χ4v) is 2.97. The first-order valence-corrected chi connectivity index (χ1v) is 6.26. The highest BCUT2D eigenvalue weighted by molar-refractivity contribution is 7.89. The summed E-state index contributed by atoms with van der Waals surface area (Å²) < 4.78 is 24.7. The van der Waals surface area contributed by atoms with E-state index in [4.69, 9.17) is 0 Å². The van der Waals surface area contributed by atoms with E-state index in [-0.39, 0.29) is 11.4 Å². The number of hydrogen-bond acceptors (Lipinski definition) is 4. The molecule has 90 valence electrons. The zero-order valence-corrected chi connectivity index (χ0v) is 9.98. The van der Waals surface area contributed by atoms with Crippen LogP contribution in [0.15, 0.2) is 35.2 Å². The maximum Gasteiger partial charge on any atom is 0.247 e. The maximum atomic E-state index is 12.0. The van der Waals surface area contributed by atoms with Crippen molar-refractivity contribution in [2.45, 2.75) is 24.7 Å². The Morgan fingerprint density at radius 3 is 2.12 bits per heavy atom. The second-order valence-electron chi connectivity index (χ2n) is 3.45. The highest BCUT2D eigenvalue weighted by Crippen LogP contribution is 2.20. The molecule has 0 bridgehead atoms. The van der Waals surface area contributed by atoms with Crippen molar-refractivity contribution < 1.29 is 18.6 Å². The molecule has 0 saturated heterocycles. The van der Waals surface area contributed by atoms with Gasteiger partial charge in [-0.05, 0) is 12.1 Å². The van der Waals surface area contributed by atoms with Crippen molar-refractivity contribution in [1.29, 1.82) is 0 Å². The molecule has 1 aromatic carbocycles. The Hall–Kier alpha value is -0.950. The molecular weight excluding hydrogens is 230 g/mol. The van der Waals surface area contributed by atoms with Crippen LogP contribution < -0.4 is 0 Å². The average Bonchev–Trinajstić information content (AvgIpc) is 2.17. The number of sulfonamides is 1. The van der Waals surface area contributed by atoms with E-state index in [1.54, 1.807) is 18.2 Å². The average molecular weight is 245 g/mol. The lowest BCUT2D eigenvalue weighted by atomic mass is 10.4. The third kappa shape index (κ3) is 2.59. The van der Waals surface area contributed by atoms with E-state index in [1.807, 2.05) is 0 Å². The van der Waals surface area contributed by atoms with Crippen molar-refractivity contribution >= 4 is 10.0 Å². The van der Waals surface area contributed by atoms with Crippen molar-refractivity contribution in [2.24, 2.45) is 0 Å². The first-order chi connectivity index (χ1) is 7.30. The fraction of sp³-hybridized carbons (Fsp3) is 0.400. The van der Waals surface area contributed by atoms with E-state index in [0.717, 1.165) is 6.92 Å². The molecule has 0 atom stereocenters. The zero-order chi connectivity index (χ0) is 12.4. The molecule has 0 fully saturated rings. The third-order valence-corrected chi connectivity index (χ3v) is 4.14. The molecule has 16 heavy (non-hydrogen) atoms. The van der Waals surface area contributed by atoms with Gasteiger partial charge in [0.15, 0.2) is 0 Å². The lowest BCUT2D eigenvalue weighted by Gasteiger charge is -2.30. The minimum Gasteiger partial charge on any atom is -0.353 e. The third-order valence-electron chi connectivity index (χ3n) is 2.09. The van der Waals surface area contributed by atoms with Crippen LogP contribution in [0.25, 0.3) is 0 Å². The van der Waals surface area contributed by atoms with Gasteiger partial charge in [0.2, 0.25) is 15.9 Å². The van der Waals surface area contributed by atoms with Crippen LogP contribution in [0.1, 0.15) is 13.8 Å². The summed E-state index contributed by atoms with van der Waals surface area (Å²) >= 11 is 0. The van der Waals surface area contributed by atoms with E-state index in [9.17, 15) is 18.6 Å². The molecule has 5 nitrogen and oxygen atoms in total. The molecule has 0 aromatic heterocycles. The van der Waals surface area contributed by atoms with Crippen LogP contribution in [-0.4, -0.2) is 35.4 Å². The van der Waals surface area contributed by atoms with Gasteiger partial charge in [0.1, 0.15) is 0 Å². The summed E-state index contributed by atoms with van der Waals surface area (Å²) in [6, 6.07) is 7.65. The molecule has 6 heteroatoms. The van der Waals surface area contributed by atoms with Crippen LogP contribution in [0, 0.1) is 0 Å². The van der Waals surface area contributed by atoms with Gasteiger partial charge in [-0.2, -0.15) is 0 Å². The van der Waals surface area contributed by atoms with Crippen molar-refractivity contribution in [1.82, 2.24) is 4.31 Å². The number of nitrogens with zero attached hydrogens (tertiary/aromatic N) is 1. The van der Waals surface area contributed by atoms with E-state index in [0.29, 0.717) is 4.31 Å². The number of rotatable bonds is 4. The summed E-state index contributed by atoms with van der Waals surface area (Å²) in [4.78, 5) is 0.0335. The van der Waals surface area contributed by atoms with Crippen LogP contribution in [-0.2, 0) is 10.0 Å². The van der Waals surface area contributed by atoms with Crippen molar-refractivity contribution in [2.75, 3.05) is 6.54 Å². The Kier molecular flexibility index (Phi) is 3.69. The summed E-state index contributed by atoms with van der Waals surface area (Å²) in [5, 5.41) is 18.8. The molecule has 0 heterocycles. The molecule has 0 aliphatic heterocycles. The Morgan fingerprint density at radius 1 is 1.25 bits per heavy atom. The fourth-order valence-electron chi connectivity index (χ4n) is 1.42. The molecule has 0 spiro atoms. The highest BCUT2D eigenvalue weighted by atomic mass is 32.2. The van der Waals surface area contributed by atoms with E-state index in [1.165, 1.54) is 19.1 Å². The minimum atomic E-state index is -3.88. The Balaban J connectivity index is 3.21. The highest BCUT2D eigenvalue weighted by Gasteiger charge is 2.36. The van der Waals surface area contributed by atoms with Gasteiger partial charge < -0.3 is 10.2 Å². The summed E-state index contributed by atoms with van der Waals surface area (Å²) in [6.45, 7) is 2.52. The number of aliphatic hydroxyl groups is 2. The Bertz CT molecular complexity index is 436. The van der Waals surface area contributed by atoms with Crippen molar-refractivity contribution in [3.05, 3.63) is 30.3 Å². The van der Waals surface area contributed by atoms with E-state index < -0.39 is 15.9 Å². The quantitative estimate of drug-likeness (QED) is 0.751. The van der Waals surface area contributed by atoms with Gasteiger partial charge in [-0.15, -0.1) is 4.31 Å². The smallest absolute Gasteiger partial charge is 0.247 e. The molecule has 2 N–H and O–H groups in total. The van der Waals surface area contributed by atoms with Crippen LogP contribution in [0.2, 0.25) is 0 Å². The van der Waals surface area contributed by atoms with Crippen LogP contribution >= 0.6 is 0 Å². The summed E-state index contributed by atoms with van der Waals surface area (Å²) in [7, 11) is -3.88. The topological polar surface area (TPSA) is 77.8 Å². The molecule has 0 saturated carbocycles. The van der Waals surface area contributed by atoms with Gasteiger partial charge in [-0.3, -0.25) is 0 Å². The lowest BCUT2D eigenvalue weighted by Crippen LogP contribution is -2.49. The second kappa shape index (κ2) is 4.50. The van der Waals surface area contributed by atoms with Gasteiger partial charge in [-0.25, -0.2) is 8.42 Å². The minimum absolute atomic E-state index is 0.0271. The predicted molar refractivity (Wildman–Crippen MR) is 58.9 cm³/mol. The van der Waals surface area contributed by atoms with Gasteiger partial charge in [-0.1, -0.05) is 25.1 Å². The van der Waals surface area contributed by atoms with E-state index >= 15 is 0 Å². The monoisotopic (exact) mass is 245 g/mol. The van der Waals surface area contributed by atoms with Gasteiger partial charge in [0.25, 0.3) is 0 Å². The summed E-state index contributed by atoms with van der Waals surface area (Å²) in [5.41, 5.74) is 0. The molecule has 1 rings (SSSR count). The van der Waals surface area contributed by atoms with Gasteiger partial charge in [0.05, 0.1) is 4.90 Å². The SMILES string of the molecule is CCN(C(C)(O)O)S(=O)(=O)c1ccccc1. The van der Waals surface area contributed by atoms with Crippen LogP contribution in [0.3, 0.4) is 0 Å². The normalized spacial score (nSPS) is 13.1. The molecule has 0 amide bonds. The number of benzene rings is 1. The predicted octanol–water partition coefficient (Wildman–Crippen LogP) is 0.355. The van der Waals surface area contributed by atoms with Gasteiger partial charge in [0, 0.05) is 13.5 Å². The van der Waals surface area contributed by atoms with E-state index in [2.05, 4.69) is 0 Å². The van der Waals surface area contributed by atoms with Crippen LogP contribution in [0.5, 0.6) is 0 Å². The standard InChI is InChI=1S/C10H15NO4S/c1-3-11(10(2,12)13)16(14,15)9-7-5-4-6-8-9/h4-8,12-13H,3H2,1-2H3.